The Hall–Kier alpha value is -3.34. The van der Waals surface area contributed by atoms with E-state index in [-0.39, 0.29) is 24.3 Å². The summed E-state index contributed by atoms with van der Waals surface area (Å²) >= 11 is 0. The molecule has 1 unspecified atom stereocenters. The lowest BCUT2D eigenvalue weighted by Crippen LogP contribution is -2.45. The molecule has 1 aliphatic carbocycles. The number of carbonyl (C=O) groups is 1. The number of alkyl halides is 1. The second-order valence-electron chi connectivity index (χ2n) is 9.06. The molecular weight excluding hydrogens is 502 g/mol. The Morgan fingerprint density at radius 3 is 2.65 bits per heavy atom. The molecule has 1 fully saturated rings. The molecule has 4 rings (SSSR count). The highest BCUT2D eigenvalue weighted by Crippen LogP contribution is 2.52. The van der Waals surface area contributed by atoms with Crippen LogP contribution < -0.4 is 15.3 Å². The molecule has 2 aromatic heterocycles. The van der Waals surface area contributed by atoms with Crippen molar-refractivity contribution in [2.45, 2.75) is 39.0 Å². The van der Waals surface area contributed by atoms with Crippen LogP contribution in [0.4, 0.5) is 10.2 Å². The summed E-state index contributed by atoms with van der Waals surface area (Å²) in [5.74, 6) is -1.13. The molecule has 0 amide bonds. The maximum atomic E-state index is 14.2. The van der Waals surface area contributed by atoms with Gasteiger partial charge in [0, 0.05) is 11.8 Å². The number of nitrogens with two attached hydrogens (primary N) is 1. The molecule has 1 aromatic carbocycles. The molecule has 0 spiro atoms. The Morgan fingerprint density at radius 2 is 1.97 bits per heavy atom. The highest BCUT2D eigenvalue weighted by atomic mass is 31.2. The third kappa shape index (κ3) is 5.66. The summed E-state index contributed by atoms with van der Waals surface area (Å²) in [6.07, 6.45) is 2.49. The van der Waals surface area contributed by atoms with E-state index < -0.39 is 44.3 Å². The van der Waals surface area contributed by atoms with Crippen molar-refractivity contribution in [3.05, 3.63) is 55.1 Å². The van der Waals surface area contributed by atoms with Gasteiger partial charge < -0.3 is 19.6 Å². The van der Waals surface area contributed by atoms with E-state index in [0.717, 1.165) is 0 Å². The number of nitrogens with one attached hydrogen (secondary N) is 1. The minimum absolute atomic E-state index is 0.156. The number of ether oxygens (including phenoxy) is 1. The van der Waals surface area contributed by atoms with E-state index >= 15 is 0 Å². The summed E-state index contributed by atoms with van der Waals surface area (Å²) in [5, 5.41) is 2.63. The molecule has 5 atom stereocenters. The Bertz CT molecular complexity index is 1320. The average Bonchev–Trinajstić information content (AvgIpc) is 3.27. The third-order valence-corrected chi connectivity index (χ3v) is 7.74. The minimum Gasteiger partial charge on any atom is -0.462 e. The first-order valence-corrected chi connectivity index (χ1v) is 13.3. The van der Waals surface area contributed by atoms with Gasteiger partial charge in [-0.1, -0.05) is 24.8 Å². The van der Waals surface area contributed by atoms with Crippen LogP contribution in [0.3, 0.4) is 0 Å². The normalized spacial score (nSPS) is 21.9. The number of fused-ring (bicyclic) bond motifs is 1. The van der Waals surface area contributed by atoms with Crippen LogP contribution in [-0.2, 0) is 18.6 Å². The van der Waals surface area contributed by atoms with E-state index in [4.69, 9.17) is 19.5 Å². The molecule has 1 aliphatic rings. The Balaban J connectivity index is 1.51. The number of esters is 1. The van der Waals surface area contributed by atoms with E-state index in [1.807, 2.05) is 0 Å². The number of imidazole rings is 1. The van der Waals surface area contributed by atoms with Crippen molar-refractivity contribution in [3.63, 3.8) is 0 Å². The lowest BCUT2D eigenvalue weighted by atomic mass is 9.66. The molecule has 0 bridgehead atoms. The van der Waals surface area contributed by atoms with E-state index in [2.05, 4.69) is 26.6 Å². The molecular formula is C24H30FN6O5P. The van der Waals surface area contributed by atoms with Crippen LogP contribution in [0.2, 0.25) is 0 Å². The second kappa shape index (κ2) is 11.0. The molecule has 1 saturated carbocycles. The van der Waals surface area contributed by atoms with E-state index in [9.17, 15) is 13.8 Å². The predicted molar refractivity (Wildman–Crippen MR) is 135 cm³/mol. The monoisotopic (exact) mass is 532 g/mol. The molecule has 0 radical (unpaired) electrons. The summed E-state index contributed by atoms with van der Waals surface area (Å²) in [5.41, 5.74) is 7.41. The van der Waals surface area contributed by atoms with Crippen molar-refractivity contribution in [2.75, 3.05) is 19.0 Å². The molecule has 3 aromatic rings. The zero-order chi connectivity index (χ0) is 26.7. The highest BCUT2D eigenvalue weighted by Gasteiger charge is 2.48. The highest BCUT2D eigenvalue weighted by molar-refractivity contribution is 7.52. The van der Waals surface area contributed by atoms with Crippen LogP contribution in [0.1, 0.15) is 26.8 Å². The summed E-state index contributed by atoms with van der Waals surface area (Å²) in [6.45, 7) is 8.19. The lowest BCUT2D eigenvalue weighted by molar-refractivity contribution is -0.149. The predicted octanol–water partition coefficient (Wildman–Crippen LogP) is 3.85. The number of nitrogens with zero attached hydrogens (tertiary/aromatic N) is 4. The number of anilines is 1. The topological polar surface area (TPSA) is 143 Å². The molecule has 0 aliphatic heterocycles. The van der Waals surface area contributed by atoms with Gasteiger partial charge in [-0.05, 0) is 38.5 Å². The van der Waals surface area contributed by atoms with Gasteiger partial charge in [-0.2, -0.15) is 5.09 Å². The fourth-order valence-corrected chi connectivity index (χ4v) is 5.78. The first kappa shape index (κ1) is 26.7. The second-order valence-corrected chi connectivity index (χ2v) is 10.8. The fraction of sp³-hybridized carbons (Fsp3) is 0.417. The van der Waals surface area contributed by atoms with Gasteiger partial charge in [0.05, 0.1) is 31.8 Å². The van der Waals surface area contributed by atoms with Crippen LogP contribution in [0.5, 0.6) is 5.75 Å². The van der Waals surface area contributed by atoms with Gasteiger partial charge in [0.2, 0.25) is 0 Å². The van der Waals surface area contributed by atoms with E-state index in [1.54, 1.807) is 48.7 Å². The average molecular weight is 533 g/mol. The molecule has 11 nitrogen and oxygen atoms in total. The number of rotatable bonds is 11. The van der Waals surface area contributed by atoms with Gasteiger partial charge in [-0.3, -0.25) is 13.7 Å². The van der Waals surface area contributed by atoms with Gasteiger partial charge in [0.25, 0.3) is 0 Å². The number of carbonyl (C=O) groups excluding carboxylic acids is 1. The van der Waals surface area contributed by atoms with Crippen molar-refractivity contribution in [2.24, 2.45) is 11.8 Å². The molecule has 2 heterocycles. The fourth-order valence-electron chi connectivity index (χ4n) is 4.26. The van der Waals surface area contributed by atoms with Crippen molar-refractivity contribution in [3.8, 4) is 5.75 Å². The van der Waals surface area contributed by atoms with Gasteiger partial charge in [-0.25, -0.2) is 19.5 Å². The summed E-state index contributed by atoms with van der Waals surface area (Å²) in [4.78, 5) is 24.7. The number of nitrogen functional groups attached to an aromatic ring is 1. The Morgan fingerprint density at radius 1 is 1.24 bits per heavy atom. The van der Waals surface area contributed by atoms with Crippen molar-refractivity contribution >= 4 is 30.7 Å². The lowest BCUT2D eigenvalue weighted by Gasteiger charge is -2.46. The molecule has 37 heavy (non-hydrogen) atoms. The van der Waals surface area contributed by atoms with Gasteiger partial charge in [0.1, 0.15) is 23.6 Å². The Labute approximate surface area is 213 Å². The summed E-state index contributed by atoms with van der Waals surface area (Å²) < 4.78 is 46.3. The number of benzene rings is 1. The first-order valence-electron chi connectivity index (χ1n) is 11.8. The maximum Gasteiger partial charge on any atom is 0.459 e. The zero-order valence-corrected chi connectivity index (χ0v) is 21.7. The van der Waals surface area contributed by atoms with Crippen molar-refractivity contribution in [1.82, 2.24) is 24.6 Å². The van der Waals surface area contributed by atoms with Crippen LogP contribution in [0, 0.1) is 11.8 Å². The Kier molecular flexibility index (Phi) is 7.91. The largest absolute Gasteiger partial charge is 0.462 e. The maximum absolute atomic E-state index is 14.2. The number of hydrogen-bond donors (Lipinski definition) is 2. The number of aromatic nitrogens is 4. The van der Waals surface area contributed by atoms with Gasteiger partial charge in [-0.15, -0.1) is 0 Å². The van der Waals surface area contributed by atoms with Crippen LogP contribution in [0.15, 0.2) is 55.1 Å². The molecule has 0 saturated heterocycles. The first-order chi connectivity index (χ1) is 17.6. The number of para-hydroxylation sites is 1. The van der Waals surface area contributed by atoms with E-state index in [1.165, 1.54) is 19.6 Å². The summed E-state index contributed by atoms with van der Waals surface area (Å²) in [6, 6.07) is 6.97. The standard InChI is InChI=1S/C24H30FN6O5P/c1-14(2)35-24(32)16(4)30-37(33,36-17-8-6-5-7-9-17)34-11-19-15(3)21(18(19)10-25)31-13-29-20-22(26)27-12-28-23(20)31/h5-9,12-14,16,18-19,21H,3,10-11H2,1-2,4H3,(H,30,33)(H2,26,27,28)/t16-,18+,19-,21+,37?/m0/s1. The van der Waals surface area contributed by atoms with Crippen molar-refractivity contribution in [1.29, 1.82) is 0 Å². The number of halogens is 1. The van der Waals surface area contributed by atoms with Gasteiger partial charge in [0.15, 0.2) is 11.5 Å². The van der Waals surface area contributed by atoms with Gasteiger partial charge >= 0.3 is 13.7 Å². The van der Waals surface area contributed by atoms with Crippen LogP contribution in [-0.4, -0.2) is 50.9 Å². The van der Waals surface area contributed by atoms with Crippen LogP contribution >= 0.6 is 7.75 Å². The van der Waals surface area contributed by atoms with Crippen LogP contribution in [0.25, 0.3) is 11.2 Å². The molecule has 13 heteroatoms. The molecule has 3 N–H and O–H groups in total. The van der Waals surface area contributed by atoms with E-state index in [0.29, 0.717) is 16.7 Å². The van der Waals surface area contributed by atoms with Crippen molar-refractivity contribution < 1.29 is 27.5 Å². The molecule has 198 valence electrons. The quantitative estimate of drug-likeness (QED) is 0.212. The smallest absolute Gasteiger partial charge is 0.459 e. The summed E-state index contributed by atoms with van der Waals surface area (Å²) in [7, 11) is -4.09. The third-order valence-electron chi connectivity index (χ3n) is 6.09. The minimum atomic E-state index is -4.09. The SMILES string of the molecule is C=C1[C@@H](n2cnc3c(N)ncnc32)[C@H](CF)[C@H]1COP(=O)(N[C@@H](C)C(=O)OC(C)C)Oc1ccccc1. The number of hydrogen-bond acceptors (Lipinski definition) is 9. The zero-order valence-electron chi connectivity index (χ0n) is 20.8.